The van der Waals surface area contributed by atoms with Crippen LogP contribution >= 0.6 is 0 Å². The van der Waals surface area contributed by atoms with Gasteiger partial charge in [-0.15, -0.1) is 0 Å². The molecule has 1 N–H and O–H groups in total. The summed E-state index contributed by atoms with van der Waals surface area (Å²) in [5, 5.41) is 9.89. The Labute approximate surface area is 109 Å². The standard InChI is InChI=1S/C14H25NO3/c1-5-14(6-2)8-12(17)15(13(14)18)9-11(16)7-10(3)4/h10-11,16H,5-9H2,1-4H3. The summed E-state index contributed by atoms with van der Waals surface area (Å²) in [6, 6.07) is 0. The molecule has 0 radical (unpaired) electrons. The first kappa shape index (κ1) is 15.2. The Balaban J connectivity index is 2.73. The molecule has 0 aromatic heterocycles. The lowest BCUT2D eigenvalue weighted by Crippen LogP contribution is -2.40. The lowest BCUT2D eigenvalue weighted by Gasteiger charge is -2.25. The number of hydrogen-bond donors (Lipinski definition) is 1. The molecule has 0 saturated carbocycles. The molecule has 4 nitrogen and oxygen atoms in total. The molecule has 1 heterocycles. The van der Waals surface area contributed by atoms with Crippen molar-refractivity contribution in [1.82, 2.24) is 4.90 Å². The maximum absolute atomic E-state index is 12.3. The summed E-state index contributed by atoms with van der Waals surface area (Å²) >= 11 is 0. The first-order chi connectivity index (χ1) is 8.36. The molecule has 0 aromatic rings. The van der Waals surface area contributed by atoms with Crippen molar-refractivity contribution in [3.05, 3.63) is 0 Å². The van der Waals surface area contributed by atoms with E-state index in [0.717, 1.165) is 0 Å². The fourth-order valence-corrected chi connectivity index (χ4v) is 2.68. The van der Waals surface area contributed by atoms with Gasteiger partial charge in [0.05, 0.1) is 18.1 Å². The number of β-amino-alcohol motifs (C(OH)–C–C–N with tert-alkyl or cyclic N) is 1. The second kappa shape index (κ2) is 5.83. The summed E-state index contributed by atoms with van der Waals surface area (Å²) in [5.41, 5.74) is -0.519. The largest absolute Gasteiger partial charge is 0.391 e. The normalized spacial score (nSPS) is 20.9. The summed E-state index contributed by atoms with van der Waals surface area (Å²) in [6.07, 6.45) is 1.67. The highest BCUT2D eigenvalue weighted by Gasteiger charge is 2.49. The van der Waals surface area contributed by atoms with Crippen LogP contribution in [-0.4, -0.2) is 34.5 Å². The number of rotatable bonds is 6. The monoisotopic (exact) mass is 255 g/mol. The molecule has 4 heteroatoms. The molecule has 104 valence electrons. The van der Waals surface area contributed by atoms with Crippen LogP contribution in [0.3, 0.4) is 0 Å². The van der Waals surface area contributed by atoms with Gasteiger partial charge < -0.3 is 5.11 Å². The number of carbonyl (C=O) groups is 2. The third-order valence-electron chi connectivity index (χ3n) is 3.98. The smallest absolute Gasteiger partial charge is 0.235 e. The van der Waals surface area contributed by atoms with Gasteiger partial charge in [-0.25, -0.2) is 0 Å². The van der Waals surface area contributed by atoms with Crippen LogP contribution < -0.4 is 0 Å². The third kappa shape index (κ3) is 2.91. The molecule has 0 aliphatic carbocycles. The minimum Gasteiger partial charge on any atom is -0.391 e. The number of amides is 2. The highest BCUT2D eigenvalue weighted by molar-refractivity contribution is 6.05. The van der Waals surface area contributed by atoms with Gasteiger partial charge in [0, 0.05) is 6.42 Å². The van der Waals surface area contributed by atoms with Crippen LogP contribution in [0.2, 0.25) is 0 Å². The molecule has 0 bridgehead atoms. The molecule has 18 heavy (non-hydrogen) atoms. The van der Waals surface area contributed by atoms with Gasteiger partial charge in [-0.3, -0.25) is 14.5 Å². The Morgan fingerprint density at radius 1 is 1.28 bits per heavy atom. The predicted octanol–water partition coefficient (Wildman–Crippen LogP) is 1.96. The van der Waals surface area contributed by atoms with Crippen LogP contribution in [0.4, 0.5) is 0 Å². The molecular formula is C14H25NO3. The zero-order valence-corrected chi connectivity index (χ0v) is 11.9. The number of nitrogens with zero attached hydrogens (tertiary/aromatic N) is 1. The van der Waals surface area contributed by atoms with E-state index in [1.165, 1.54) is 4.90 Å². The van der Waals surface area contributed by atoms with E-state index in [1.54, 1.807) is 0 Å². The van der Waals surface area contributed by atoms with Gasteiger partial charge in [-0.1, -0.05) is 27.7 Å². The van der Waals surface area contributed by atoms with Crippen molar-refractivity contribution in [1.29, 1.82) is 0 Å². The Kier molecular flexibility index (Phi) is 4.91. The average Bonchev–Trinajstić information content (AvgIpc) is 2.53. The lowest BCUT2D eigenvalue weighted by molar-refractivity contribution is -0.143. The van der Waals surface area contributed by atoms with E-state index >= 15 is 0 Å². The van der Waals surface area contributed by atoms with Crippen LogP contribution in [-0.2, 0) is 9.59 Å². The molecule has 0 aromatic carbocycles. The number of aliphatic hydroxyl groups excluding tert-OH is 1. The molecule has 2 amide bonds. The molecule has 1 aliphatic heterocycles. The maximum Gasteiger partial charge on any atom is 0.235 e. The lowest BCUT2D eigenvalue weighted by atomic mass is 9.81. The second-order valence-corrected chi connectivity index (χ2v) is 5.76. The van der Waals surface area contributed by atoms with Crippen molar-refractivity contribution < 1.29 is 14.7 Å². The topological polar surface area (TPSA) is 57.6 Å². The van der Waals surface area contributed by atoms with E-state index in [2.05, 4.69) is 0 Å². The number of hydrogen-bond acceptors (Lipinski definition) is 3. The summed E-state index contributed by atoms with van der Waals surface area (Å²) in [5.74, 6) is 0.127. The minimum absolute atomic E-state index is 0.0969. The van der Waals surface area contributed by atoms with Gasteiger partial charge in [0.1, 0.15) is 0 Å². The van der Waals surface area contributed by atoms with Gasteiger partial charge >= 0.3 is 0 Å². The van der Waals surface area contributed by atoms with Crippen molar-refractivity contribution in [2.45, 2.75) is 59.5 Å². The fraction of sp³-hybridized carbons (Fsp3) is 0.857. The van der Waals surface area contributed by atoms with Crippen molar-refractivity contribution in [2.75, 3.05) is 6.54 Å². The maximum atomic E-state index is 12.3. The number of imide groups is 1. The van der Waals surface area contributed by atoms with Gasteiger partial charge in [0.25, 0.3) is 0 Å². The van der Waals surface area contributed by atoms with Crippen LogP contribution in [0.1, 0.15) is 53.4 Å². The molecular weight excluding hydrogens is 230 g/mol. The summed E-state index contributed by atoms with van der Waals surface area (Å²) in [6.45, 7) is 8.07. The van der Waals surface area contributed by atoms with Crippen LogP contribution in [0.25, 0.3) is 0 Å². The first-order valence-electron chi connectivity index (χ1n) is 6.89. The number of aliphatic hydroxyl groups is 1. The van der Waals surface area contributed by atoms with Crippen molar-refractivity contribution in [3.63, 3.8) is 0 Å². The van der Waals surface area contributed by atoms with E-state index in [9.17, 15) is 14.7 Å². The summed E-state index contributed by atoms with van der Waals surface area (Å²) in [4.78, 5) is 25.5. The minimum atomic E-state index is -0.609. The predicted molar refractivity (Wildman–Crippen MR) is 69.8 cm³/mol. The summed E-state index contributed by atoms with van der Waals surface area (Å²) in [7, 11) is 0. The van der Waals surface area contributed by atoms with Crippen LogP contribution in [0.15, 0.2) is 0 Å². The SMILES string of the molecule is CCC1(CC)CC(=O)N(CC(O)CC(C)C)C1=O. The molecule has 1 unspecified atom stereocenters. The Bertz CT molecular complexity index is 321. The fourth-order valence-electron chi connectivity index (χ4n) is 2.68. The Morgan fingerprint density at radius 3 is 2.22 bits per heavy atom. The zero-order chi connectivity index (χ0) is 13.9. The van der Waals surface area contributed by atoms with Gasteiger partial charge in [0.2, 0.25) is 11.8 Å². The molecule has 1 atom stereocenters. The molecule has 1 saturated heterocycles. The zero-order valence-electron chi connectivity index (χ0n) is 11.9. The summed E-state index contributed by atoms with van der Waals surface area (Å²) < 4.78 is 0. The van der Waals surface area contributed by atoms with Crippen molar-refractivity contribution in [3.8, 4) is 0 Å². The van der Waals surface area contributed by atoms with Crippen LogP contribution in [0.5, 0.6) is 0 Å². The first-order valence-corrected chi connectivity index (χ1v) is 6.89. The molecule has 1 fully saturated rings. The van der Waals surface area contributed by atoms with E-state index in [1.807, 2.05) is 27.7 Å². The van der Waals surface area contributed by atoms with Crippen molar-refractivity contribution >= 4 is 11.8 Å². The average molecular weight is 255 g/mol. The highest BCUT2D eigenvalue weighted by Crippen LogP contribution is 2.39. The van der Waals surface area contributed by atoms with Gasteiger partial charge in [0.15, 0.2) is 0 Å². The molecule has 1 aliphatic rings. The van der Waals surface area contributed by atoms with E-state index in [-0.39, 0.29) is 18.4 Å². The number of carbonyl (C=O) groups excluding carboxylic acids is 2. The van der Waals surface area contributed by atoms with Crippen LogP contribution in [0, 0.1) is 11.3 Å². The van der Waals surface area contributed by atoms with E-state index in [4.69, 9.17) is 0 Å². The molecule has 1 rings (SSSR count). The highest BCUT2D eigenvalue weighted by atomic mass is 16.3. The van der Waals surface area contributed by atoms with E-state index < -0.39 is 11.5 Å². The van der Waals surface area contributed by atoms with E-state index in [0.29, 0.717) is 31.6 Å². The third-order valence-corrected chi connectivity index (χ3v) is 3.98. The number of likely N-dealkylation sites (tertiary alicyclic amines) is 1. The van der Waals surface area contributed by atoms with Gasteiger partial charge in [-0.05, 0) is 25.2 Å². The quantitative estimate of drug-likeness (QED) is 0.738. The Hall–Kier alpha value is -0.900. The Morgan fingerprint density at radius 2 is 1.83 bits per heavy atom. The van der Waals surface area contributed by atoms with Crippen molar-refractivity contribution in [2.24, 2.45) is 11.3 Å². The molecule has 0 spiro atoms. The van der Waals surface area contributed by atoms with Gasteiger partial charge in [-0.2, -0.15) is 0 Å². The second-order valence-electron chi connectivity index (χ2n) is 5.76.